The van der Waals surface area contributed by atoms with E-state index in [0.29, 0.717) is 6.42 Å². The number of aromatic nitrogens is 1. The Hall–Kier alpha value is -2.07. The Morgan fingerprint density at radius 1 is 1.14 bits per heavy atom. The van der Waals surface area contributed by atoms with Crippen LogP contribution in [0.1, 0.15) is 25.5 Å². The van der Waals surface area contributed by atoms with Gasteiger partial charge in [0.2, 0.25) is 5.91 Å². The van der Waals surface area contributed by atoms with Crippen LogP contribution in [0.4, 0.5) is 0 Å². The summed E-state index contributed by atoms with van der Waals surface area (Å²) in [5.41, 5.74) is 1.10. The molecule has 1 heterocycles. The Bertz CT molecular complexity index is 564. The monoisotopic (exact) mass is 300 g/mol. The van der Waals surface area contributed by atoms with Gasteiger partial charge in [-0.05, 0) is 30.0 Å². The molecule has 118 valence electrons. The van der Waals surface area contributed by atoms with Gasteiger partial charge < -0.3 is 15.0 Å². The van der Waals surface area contributed by atoms with Gasteiger partial charge in [-0.15, -0.1) is 0 Å². The van der Waals surface area contributed by atoms with Gasteiger partial charge in [0.1, 0.15) is 6.04 Å². The SMILES string of the molecule is CC(C)C(C(=O)NC(CO)Cc1ccccc1)n1cccc1. The predicted molar refractivity (Wildman–Crippen MR) is 87.5 cm³/mol. The predicted octanol–water partition coefficient (Wildman–Crippen LogP) is 2.41. The van der Waals surface area contributed by atoms with Crippen LogP contribution in [0.3, 0.4) is 0 Å². The Morgan fingerprint density at radius 3 is 2.32 bits per heavy atom. The maximum absolute atomic E-state index is 12.6. The van der Waals surface area contributed by atoms with E-state index in [1.54, 1.807) is 0 Å². The molecule has 22 heavy (non-hydrogen) atoms. The van der Waals surface area contributed by atoms with Crippen molar-refractivity contribution in [3.8, 4) is 0 Å². The van der Waals surface area contributed by atoms with E-state index >= 15 is 0 Å². The average molecular weight is 300 g/mol. The highest BCUT2D eigenvalue weighted by atomic mass is 16.3. The minimum absolute atomic E-state index is 0.0545. The highest BCUT2D eigenvalue weighted by Crippen LogP contribution is 2.18. The van der Waals surface area contributed by atoms with Crippen molar-refractivity contribution < 1.29 is 9.90 Å². The molecule has 1 aromatic carbocycles. The molecule has 0 aliphatic rings. The standard InChI is InChI=1S/C18H24N2O2/c1-14(2)17(20-10-6-7-11-20)18(22)19-16(13-21)12-15-8-4-3-5-9-15/h3-11,14,16-17,21H,12-13H2,1-2H3,(H,19,22). The lowest BCUT2D eigenvalue weighted by molar-refractivity contribution is -0.126. The zero-order valence-corrected chi connectivity index (χ0v) is 13.1. The van der Waals surface area contributed by atoms with E-state index in [0.717, 1.165) is 5.56 Å². The maximum atomic E-state index is 12.6. The van der Waals surface area contributed by atoms with Crippen molar-refractivity contribution in [1.29, 1.82) is 0 Å². The molecule has 4 heteroatoms. The molecule has 0 saturated carbocycles. The van der Waals surface area contributed by atoms with Crippen LogP contribution in [0.2, 0.25) is 0 Å². The smallest absolute Gasteiger partial charge is 0.243 e. The number of carbonyl (C=O) groups excluding carboxylic acids is 1. The second-order valence-electron chi connectivity index (χ2n) is 5.90. The fourth-order valence-corrected chi connectivity index (χ4v) is 2.66. The number of benzene rings is 1. The first-order valence-electron chi connectivity index (χ1n) is 7.69. The lowest BCUT2D eigenvalue weighted by Crippen LogP contribution is -2.44. The normalized spacial score (nSPS) is 13.8. The van der Waals surface area contributed by atoms with Crippen LogP contribution >= 0.6 is 0 Å². The van der Waals surface area contributed by atoms with Crippen molar-refractivity contribution in [2.75, 3.05) is 6.61 Å². The summed E-state index contributed by atoms with van der Waals surface area (Å²) in [7, 11) is 0. The lowest BCUT2D eigenvalue weighted by atomic mass is 10.0. The Morgan fingerprint density at radius 2 is 1.77 bits per heavy atom. The topological polar surface area (TPSA) is 54.3 Å². The largest absolute Gasteiger partial charge is 0.394 e. The minimum Gasteiger partial charge on any atom is -0.394 e. The van der Waals surface area contributed by atoms with Gasteiger partial charge in [-0.25, -0.2) is 0 Å². The Balaban J connectivity index is 2.04. The molecule has 0 aliphatic heterocycles. The highest BCUT2D eigenvalue weighted by Gasteiger charge is 2.25. The molecule has 2 N–H and O–H groups in total. The summed E-state index contributed by atoms with van der Waals surface area (Å²) in [6.45, 7) is 3.97. The van der Waals surface area contributed by atoms with Gasteiger partial charge in [-0.2, -0.15) is 0 Å². The summed E-state index contributed by atoms with van der Waals surface area (Å²) < 4.78 is 1.91. The van der Waals surface area contributed by atoms with Crippen LogP contribution in [0, 0.1) is 5.92 Å². The number of amides is 1. The first-order valence-corrected chi connectivity index (χ1v) is 7.69. The molecule has 0 aliphatic carbocycles. The lowest BCUT2D eigenvalue weighted by Gasteiger charge is -2.25. The third-order valence-corrected chi connectivity index (χ3v) is 3.74. The maximum Gasteiger partial charge on any atom is 0.243 e. The summed E-state index contributed by atoms with van der Waals surface area (Å²) in [5, 5.41) is 12.5. The number of hydrogen-bond acceptors (Lipinski definition) is 2. The third-order valence-electron chi connectivity index (χ3n) is 3.74. The quantitative estimate of drug-likeness (QED) is 0.825. The first kappa shape index (κ1) is 16.3. The highest BCUT2D eigenvalue weighted by molar-refractivity contribution is 5.81. The Kier molecular flexibility index (Phi) is 5.78. The molecule has 0 radical (unpaired) electrons. The van der Waals surface area contributed by atoms with Gasteiger partial charge in [0.25, 0.3) is 0 Å². The summed E-state index contributed by atoms with van der Waals surface area (Å²) in [5.74, 6) is 0.115. The molecule has 0 spiro atoms. The van der Waals surface area contributed by atoms with E-state index in [1.165, 1.54) is 0 Å². The zero-order chi connectivity index (χ0) is 15.9. The molecular formula is C18H24N2O2. The molecule has 4 nitrogen and oxygen atoms in total. The number of rotatable bonds is 7. The third kappa shape index (κ3) is 4.21. The number of aliphatic hydroxyl groups is 1. The van der Waals surface area contributed by atoms with Crippen LogP contribution in [-0.2, 0) is 11.2 Å². The van der Waals surface area contributed by atoms with Crippen molar-refractivity contribution >= 4 is 5.91 Å². The number of nitrogens with zero attached hydrogens (tertiary/aromatic N) is 1. The van der Waals surface area contributed by atoms with Crippen LogP contribution in [0.25, 0.3) is 0 Å². The molecule has 0 bridgehead atoms. The number of carbonyl (C=O) groups is 1. The van der Waals surface area contributed by atoms with Gasteiger partial charge in [0, 0.05) is 12.4 Å². The van der Waals surface area contributed by atoms with Crippen LogP contribution in [-0.4, -0.2) is 28.2 Å². The summed E-state index contributed by atoms with van der Waals surface area (Å²) >= 11 is 0. The van der Waals surface area contributed by atoms with Crippen LogP contribution < -0.4 is 5.32 Å². The van der Waals surface area contributed by atoms with E-state index in [1.807, 2.05) is 73.3 Å². The van der Waals surface area contributed by atoms with Crippen molar-refractivity contribution in [3.05, 3.63) is 60.4 Å². The molecule has 0 fully saturated rings. The fraction of sp³-hybridized carbons (Fsp3) is 0.389. The van der Waals surface area contributed by atoms with Crippen LogP contribution in [0.5, 0.6) is 0 Å². The van der Waals surface area contributed by atoms with Gasteiger partial charge in [0.05, 0.1) is 12.6 Å². The molecule has 2 rings (SSSR count). The van der Waals surface area contributed by atoms with E-state index in [4.69, 9.17) is 0 Å². The minimum atomic E-state index is -0.272. The van der Waals surface area contributed by atoms with E-state index in [9.17, 15) is 9.90 Å². The molecule has 1 aromatic heterocycles. The molecular weight excluding hydrogens is 276 g/mol. The van der Waals surface area contributed by atoms with Gasteiger partial charge in [-0.3, -0.25) is 4.79 Å². The van der Waals surface area contributed by atoms with Crippen molar-refractivity contribution in [2.24, 2.45) is 5.92 Å². The average Bonchev–Trinajstić information content (AvgIpc) is 3.01. The van der Waals surface area contributed by atoms with Crippen LogP contribution in [0.15, 0.2) is 54.9 Å². The van der Waals surface area contributed by atoms with E-state index in [-0.39, 0.29) is 30.5 Å². The summed E-state index contributed by atoms with van der Waals surface area (Å²) in [4.78, 5) is 12.6. The molecule has 1 amide bonds. The summed E-state index contributed by atoms with van der Waals surface area (Å²) in [6, 6.07) is 13.2. The number of hydrogen-bond donors (Lipinski definition) is 2. The molecule has 2 atom stereocenters. The van der Waals surface area contributed by atoms with E-state index in [2.05, 4.69) is 5.32 Å². The molecule has 0 saturated heterocycles. The second-order valence-corrected chi connectivity index (χ2v) is 5.90. The van der Waals surface area contributed by atoms with Crippen molar-refractivity contribution in [1.82, 2.24) is 9.88 Å². The molecule has 2 unspecified atom stereocenters. The van der Waals surface area contributed by atoms with Crippen molar-refractivity contribution in [3.63, 3.8) is 0 Å². The second kappa shape index (κ2) is 7.80. The molecule has 2 aromatic rings. The number of aliphatic hydroxyl groups excluding tert-OH is 1. The Labute approximate surface area is 131 Å². The zero-order valence-electron chi connectivity index (χ0n) is 13.1. The fourth-order valence-electron chi connectivity index (χ4n) is 2.66. The van der Waals surface area contributed by atoms with Gasteiger partial charge in [0.15, 0.2) is 0 Å². The van der Waals surface area contributed by atoms with E-state index < -0.39 is 0 Å². The number of nitrogens with one attached hydrogen (secondary N) is 1. The summed E-state index contributed by atoms with van der Waals surface area (Å²) in [6.07, 6.45) is 4.42. The van der Waals surface area contributed by atoms with Crippen molar-refractivity contribution in [2.45, 2.75) is 32.4 Å². The van der Waals surface area contributed by atoms with Gasteiger partial charge in [-0.1, -0.05) is 44.2 Å². The first-order chi connectivity index (χ1) is 10.6. The van der Waals surface area contributed by atoms with Gasteiger partial charge >= 0.3 is 0 Å².